The molecule has 0 aromatic heterocycles. The minimum Gasteiger partial charge on any atom is -0.342 e. The number of anilines is 1. The molecule has 4 nitrogen and oxygen atoms in total. The average molecular weight is 375 g/mol. The number of carbonyl (C=O) groups is 2. The number of benzene rings is 2. The number of nitrogens with zero attached hydrogens (tertiary/aromatic N) is 1. The zero-order valence-corrected chi connectivity index (χ0v) is 15.0. The number of hydrogen-bond donors (Lipinski definition) is 1. The first-order valence-electron chi connectivity index (χ1n) is 8.60. The van der Waals surface area contributed by atoms with Crippen molar-refractivity contribution in [3.63, 3.8) is 0 Å². The molecule has 0 radical (unpaired) electrons. The Labute approximate surface area is 157 Å². The van der Waals surface area contributed by atoms with Gasteiger partial charge in [0.05, 0.1) is 6.42 Å². The fraction of sp³-hybridized carbons (Fsp3) is 0.300. The monoisotopic (exact) mass is 374 g/mol. The highest BCUT2D eigenvalue weighted by molar-refractivity contribution is 6.30. The van der Waals surface area contributed by atoms with E-state index in [-0.39, 0.29) is 30.0 Å². The second kappa shape index (κ2) is 8.32. The number of likely N-dealkylation sites (tertiary alicyclic amines) is 1. The van der Waals surface area contributed by atoms with E-state index in [2.05, 4.69) is 5.32 Å². The van der Waals surface area contributed by atoms with Gasteiger partial charge in [-0.1, -0.05) is 29.8 Å². The van der Waals surface area contributed by atoms with Gasteiger partial charge in [0, 0.05) is 29.7 Å². The van der Waals surface area contributed by atoms with Crippen LogP contribution in [-0.4, -0.2) is 29.8 Å². The molecule has 0 bridgehead atoms. The second-order valence-electron chi connectivity index (χ2n) is 6.42. The molecule has 6 heteroatoms. The molecule has 1 heterocycles. The summed E-state index contributed by atoms with van der Waals surface area (Å²) in [5.41, 5.74) is 1.11. The van der Waals surface area contributed by atoms with Gasteiger partial charge in [-0.05, 0) is 48.7 Å². The van der Waals surface area contributed by atoms with Crippen LogP contribution in [0.4, 0.5) is 10.1 Å². The molecule has 3 rings (SSSR count). The molecule has 0 aliphatic carbocycles. The molecule has 26 heavy (non-hydrogen) atoms. The van der Waals surface area contributed by atoms with E-state index in [1.807, 2.05) is 0 Å². The number of hydrogen-bond acceptors (Lipinski definition) is 2. The third-order valence-corrected chi connectivity index (χ3v) is 4.88. The van der Waals surface area contributed by atoms with Crippen molar-refractivity contribution in [1.82, 2.24) is 4.90 Å². The smallest absolute Gasteiger partial charge is 0.227 e. The molecule has 1 aliphatic rings. The summed E-state index contributed by atoms with van der Waals surface area (Å²) in [4.78, 5) is 26.4. The summed E-state index contributed by atoms with van der Waals surface area (Å²) in [5, 5.41) is 3.50. The van der Waals surface area contributed by atoms with Gasteiger partial charge in [0.1, 0.15) is 5.82 Å². The third kappa shape index (κ3) is 4.61. The van der Waals surface area contributed by atoms with Crippen molar-refractivity contribution in [1.29, 1.82) is 0 Å². The van der Waals surface area contributed by atoms with Crippen LogP contribution in [0, 0.1) is 11.7 Å². The Hall–Kier alpha value is -2.40. The highest BCUT2D eigenvalue weighted by Gasteiger charge is 2.27. The van der Waals surface area contributed by atoms with E-state index in [1.165, 1.54) is 6.07 Å². The maximum Gasteiger partial charge on any atom is 0.227 e. The summed E-state index contributed by atoms with van der Waals surface area (Å²) in [6, 6.07) is 13.3. The molecule has 0 atom stereocenters. The third-order valence-electron chi connectivity index (χ3n) is 4.63. The van der Waals surface area contributed by atoms with Crippen LogP contribution in [0.5, 0.6) is 0 Å². The first kappa shape index (κ1) is 18.4. The Bertz CT molecular complexity index is 787. The summed E-state index contributed by atoms with van der Waals surface area (Å²) in [6.45, 7) is 1.01. The van der Waals surface area contributed by atoms with Crippen molar-refractivity contribution in [3.05, 3.63) is 64.9 Å². The average Bonchev–Trinajstić information content (AvgIpc) is 2.65. The van der Waals surface area contributed by atoms with Crippen LogP contribution < -0.4 is 5.32 Å². The molecular formula is C20H20ClFN2O2. The maximum absolute atomic E-state index is 13.7. The van der Waals surface area contributed by atoms with Gasteiger partial charge in [-0.3, -0.25) is 9.59 Å². The van der Waals surface area contributed by atoms with Gasteiger partial charge in [0.15, 0.2) is 0 Å². The fourth-order valence-corrected chi connectivity index (χ4v) is 3.21. The molecular weight excluding hydrogens is 355 g/mol. The van der Waals surface area contributed by atoms with Crippen LogP contribution in [0.15, 0.2) is 48.5 Å². The van der Waals surface area contributed by atoms with Crippen molar-refractivity contribution in [3.8, 4) is 0 Å². The quantitative estimate of drug-likeness (QED) is 0.882. The zero-order chi connectivity index (χ0) is 18.5. The predicted molar refractivity (Wildman–Crippen MR) is 99.5 cm³/mol. The normalized spacial score (nSPS) is 14.9. The number of halogens is 2. The van der Waals surface area contributed by atoms with E-state index in [0.717, 1.165) is 0 Å². The molecule has 1 aliphatic heterocycles. The summed E-state index contributed by atoms with van der Waals surface area (Å²) in [6.07, 6.45) is 1.25. The van der Waals surface area contributed by atoms with E-state index in [1.54, 1.807) is 47.4 Å². The number of rotatable bonds is 4. The largest absolute Gasteiger partial charge is 0.342 e. The first-order chi connectivity index (χ1) is 12.5. The van der Waals surface area contributed by atoms with Crippen LogP contribution >= 0.6 is 11.6 Å². The summed E-state index contributed by atoms with van der Waals surface area (Å²) < 4.78 is 13.7. The van der Waals surface area contributed by atoms with E-state index < -0.39 is 0 Å². The first-order valence-corrected chi connectivity index (χ1v) is 8.98. The van der Waals surface area contributed by atoms with Gasteiger partial charge in [-0.15, -0.1) is 0 Å². The van der Waals surface area contributed by atoms with Gasteiger partial charge in [0.25, 0.3) is 0 Å². The van der Waals surface area contributed by atoms with Crippen LogP contribution in [0.2, 0.25) is 5.02 Å². The lowest BCUT2D eigenvalue weighted by Crippen LogP contribution is -2.42. The molecule has 1 saturated heterocycles. The van der Waals surface area contributed by atoms with Crippen molar-refractivity contribution in [2.45, 2.75) is 19.3 Å². The van der Waals surface area contributed by atoms with Gasteiger partial charge in [-0.2, -0.15) is 0 Å². The number of amides is 2. The van der Waals surface area contributed by atoms with Crippen LogP contribution in [0.1, 0.15) is 18.4 Å². The topological polar surface area (TPSA) is 49.4 Å². The molecule has 136 valence electrons. The molecule has 2 aromatic carbocycles. The molecule has 2 amide bonds. The highest BCUT2D eigenvalue weighted by atomic mass is 35.5. The number of piperidine rings is 1. The Balaban J connectivity index is 1.50. The Morgan fingerprint density at radius 2 is 1.73 bits per heavy atom. The molecule has 0 unspecified atom stereocenters. The highest BCUT2D eigenvalue weighted by Crippen LogP contribution is 2.21. The Morgan fingerprint density at radius 1 is 1.08 bits per heavy atom. The summed E-state index contributed by atoms with van der Waals surface area (Å²) in [7, 11) is 0. The molecule has 2 aromatic rings. The lowest BCUT2D eigenvalue weighted by molar-refractivity contribution is -0.133. The maximum atomic E-state index is 13.7. The van der Waals surface area contributed by atoms with Crippen molar-refractivity contribution in [2.75, 3.05) is 18.4 Å². The lowest BCUT2D eigenvalue weighted by Gasteiger charge is -2.31. The van der Waals surface area contributed by atoms with Crippen LogP contribution in [0.3, 0.4) is 0 Å². The molecule has 0 spiro atoms. The Morgan fingerprint density at radius 3 is 2.38 bits per heavy atom. The minimum absolute atomic E-state index is 0.0477. The molecule has 1 fully saturated rings. The van der Waals surface area contributed by atoms with E-state index in [4.69, 9.17) is 11.6 Å². The van der Waals surface area contributed by atoms with Crippen molar-refractivity contribution in [2.24, 2.45) is 5.92 Å². The van der Waals surface area contributed by atoms with E-state index in [9.17, 15) is 14.0 Å². The van der Waals surface area contributed by atoms with E-state index in [0.29, 0.717) is 42.2 Å². The van der Waals surface area contributed by atoms with Gasteiger partial charge in [-0.25, -0.2) is 4.39 Å². The second-order valence-corrected chi connectivity index (χ2v) is 6.86. The van der Waals surface area contributed by atoms with Crippen LogP contribution in [-0.2, 0) is 16.0 Å². The van der Waals surface area contributed by atoms with Gasteiger partial charge < -0.3 is 10.2 Å². The summed E-state index contributed by atoms with van der Waals surface area (Å²) in [5.74, 6) is -0.651. The molecule has 1 N–H and O–H groups in total. The lowest BCUT2D eigenvalue weighted by atomic mass is 9.95. The van der Waals surface area contributed by atoms with E-state index >= 15 is 0 Å². The number of nitrogens with one attached hydrogen (secondary N) is 1. The van der Waals surface area contributed by atoms with Gasteiger partial charge in [0.2, 0.25) is 11.8 Å². The Kier molecular flexibility index (Phi) is 5.89. The minimum atomic E-state index is -0.363. The zero-order valence-electron chi connectivity index (χ0n) is 14.3. The van der Waals surface area contributed by atoms with Crippen molar-refractivity contribution >= 4 is 29.1 Å². The van der Waals surface area contributed by atoms with Gasteiger partial charge >= 0.3 is 0 Å². The predicted octanol–water partition coefficient (Wildman–Crippen LogP) is 3.90. The summed E-state index contributed by atoms with van der Waals surface area (Å²) >= 11 is 5.84. The van der Waals surface area contributed by atoms with Crippen LogP contribution in [0.25, 0.3) is 0 Å². The number of carbonyl (C=O) groups excluding carboxylic acids is 2. The SMILES string of the molecule is O=C(Nc1ccc(Cl)cc1)C1CCN(C(=O)Cc2ccccc2F)CC1. The standard InChI is InChI=1S/C20H20ClFN2O2/c21-16-5-7-17(8-6-16)23-20(26)14-9-11-24(12-10-14)19(25)13-15-3-1-2-4-18(15)22/h1-8,14H,9-13H2,(H,23,26). The molecule has 0 saturated carbocycles. The van der Waals surface area contributed by atoms with Crippen molar-refractivity contribution < 1.29 is 14.0 Å². The fourth-order valence-electron chi connectivity index (χ4n) is 3.09.